The summed E-state index contributed by atoms with van der Waals surface area (Å²) >= 11 is 0. The van der Waals surface area contributed by atoms with Crippen LogP contribution in [-0.4, -0.2) is 12.0 Å². The number of anilines is 1. The second-order valence-electron chi connectivity index (χ2n) is 4.39. The van der Waals surface area contributed by atoms with E-state index in [-0.39, 0.29) is 11.3 Å². The highest BCUT2D eigenvalue weighted by atomic mass is 19.4. The van der Waals surface area contributed by atoms with Crippen molar-refractivity contribution in [1.82, 2.24) is 5.48 Å². The molecule has 0 aliphatic carbocycles. The van der Waals surface area contributed by atoms with Crippen molar-refractivity contribution in [3.63, 3.8) is 0 Å². The van der Waals surface area contributed by atoms with Crippen LogP contribution in [0.5, 0.6) is 0 Å². The van der Waals surface area contributed by atoms with Gasteiger partial charge in [-0.3, -0.25) is 10.1 Å². The summed E-state index contributed by atoms with van der Waals surface area (Å²) in [6.07, 6.45) is -5.64. The lowest BCUT2D eigenvalue weighted by Crippen LogP contribution is -2.29. The molecular formula is C15H11F3N2O3. The Labute approximate surface area is 129 Å². The van der Waals surface area contributed by atoms with E-state index >= 15 is 0 Å². The van der Waals surface area contributed by atoms with Gasteiger partial charge in [-0.05, 0) is 30.3 Å². The molecule has 2 aromatic rings. The molecule has 0 saturated carbocycles. The van der Waals surface area contributed by atoms with Gasteiger partial charge in [0.1, 0.15) is 0 Å². The van der Waals surface area contributed by atoms with Crippen LogP contribution in [-0.2, 0) is 11.0 Å². The zero-order valence-electron chi connectivity index (χ0n) is 11.6. The Kier molecular flexibility index (Phi) is 4.85. The summed E-state index contributed by atoms with van der Waals surface area (Å²) in [5.41, 5.74) is 1.13. The summed E-state index contributed by atoms with van der Waals surface area (Å²) in [6, 6.07) is 12.0. The van der Waals surface area contributed by atoms with E-state index in [1.165, 1.54) is 18.2 Å². The maximum Gasteiger partial charge on any atom is 0.436 e. The highest BCUT2D eigenvalue weighted by Crippen LogP contribution is 2.30. The predicted octanol–water partition coefficient (Wildman–Crippen LogP) is 3.60. The van der Waals surface area contributed by atoms with Crippen molar-refractivity contribution >= 4 is 17.7 Å². The monoisotopic (exact) mass is 324 g/mol. The van der Waals surface area contributed by atoms with Crippen molar-refractivity contribution in [2.75, 3.05) is 5.32 Å². The quantitative estimate of drug-likeness (QED) is 0.830. The summed E-state index contributed by atoms with van der Waals surface area (Å²) in [7, 11) is 0. The molecule has 2 N–H and O–H groups in total. The Morgan fingerprint density at radius 1 is 0.957 bits per heavy atom. The highest BCUT2D eigenvalue weighted by molar-refractivity contribution is 5.94. The fraction of sp³-hybridized carbons (Fsp3) is 0.0667. The van der Waals surface area contributed by atoms with Gasteiger partial charge in [-0.25, -0.2) is 4.79 Å². The number of hydrogen-bond donors (Lipinski definition) is 2. The van der Waals surface area contributed by atoms with Crippen LogP contribution < -0.4 is 10.8 Å². The van der Waals surface area contributed by atoms with Crippen molar-refractivity contribution in [2.45, 2.75) is 6.18 Å². The maximum absolute atomic E-state index is 12.5. The van der Waals surface area contributed by atoms with E-state index in [1.54, 1.807) is 18.2 Å². The van der Waals surface area contributed by atoms with E-state index in [9.17, 15) is 22.8 Å². The lowest BCUT2D eigenvalue weighted by Gasteiger charge is -2.10. The van der Waals surface area contributed by atoms with Crippen molar-refractivity contribution in [3.05, 3.63) is 65.7 Å². The van der Waals surface area contributed by atoms with Gasteiger partial charge in [0.25, 0.3) is 5.91 Å². The largest absolute Gasteiger partial charge is 0.436 e. The third kappa shape index (κ3) is 4.73. The van der Waals surface area contributed by atoms with E-state index in [0.717, 1.165) is 18.2 Å². The number of nitrogens with one attached hydrogen (secondary N) is 2. The first-order valence-corrected chi connectivity index (χ1v) is 6.37. The number of amides is 2. The Balaban J connectivity index is 1.92. The molecule has 0 aliphatic heterocycles. The summed E-state index contributed by atoms with van der Waals surface area (Å²) in [4.78, 5) is 27.6. The Morgan fingerprint density at radius 2 is 1.65 bits per heavy atom. The first kappa shape index (κ1) is 16.3. The highest BCUT2D eigenvalue weighted by Gasteiger charge is 2.30. The molecule has 2 rings (SSSR count). The van der Waals surface area contributed by atoms with Gasteiger partial charge >= 0.3 is 12.3 Å². The molecule has 0 unspecified atom stereocenters. The van der Waals surface area contributed by atoms with Crippen molar-refractivity contribution in [2.24, 2.45) is 0 Å². The molecule has 0 atom stereocenters. The molecule has 2 aromatic carbocycles. The van der Waals surface area contributed by atoms with Crippen molar-refractivity contribution in [3.8, 4) is 0 Å². The zero-order valence-corrected chi connectivity index (χ0v) is 11.6. The average molecular weight is 324 g/mol. The van der Waals surface area contributed by atoms with Gasteiger partial charge in [0, 0.05) is 11.3 Å². The number of halogens is 3. The van der Waals surface area contributed by atoms with Gasteiger partial charge in [0.05, 0.1) is 5.56 Å². The second kappa shape index (κ2) is 6.82. The van der Waals surface area contributed by atoms with E-state index in [4.69, 9.17) is 0 Å². The summed E-state index contributed by atoms with van der Waals surface area (Å²) in [6.45, 7) is 0. The molecule has 0 aromatic heterocycles. The van der Waals surface area contributed by atoms with Crippen LogP contribution in [0.3, 0.4) is 0 Å². The number of alkyl halides is 3. The molecule has 0 spiro atoms. The van der Waals surface area contributed by atoms with Crippen LogP contribution in [0.25, 0.3) is 0 Å². The first-order valence-electron chi connectivity index (χ1n) is 6.37. The van der Waals surface area contributed by atoms with Crippen LogP contribution in [0.2, 0.25) is 0 Å². The van der Waals surface area contributed by atoms with Crippen molar-refractivity contribution < 1.29 is 27.6 Å². The average Bonchev–Trinajstić information content (AvgIpc) is 2.53. The fourth-order valence-electron chi connectivity index (χ4n) is 1.66. The van der Waals surface area contributed by atoms with Crippen LogP contribution in [0, 0.1) is 0 Å². The Morgan fingerprint density at radius 3 is 2.30 bits per heavy atom. The third-order valence-corrected chi connectivity index (χ3v) is 2.71. The normalized spacial score (nSPS) is 10.7. The van der Waals surface area contributed by atoms with Gasteiger partial charge in [-0.1, -0.05) is 24.3 Å². The molecule has 0 fully saturated rings. The number of rotatable bonds is 2. The number of hydrogen-bond acceptors (Lipinski definition) is 3. The molecule has 5 nitrogen and oxygen atoms in total. The van der Waals surface area contributed by atoms with Gasteiger partial charge in [0.15, 0.2) is 0 Å². The van der Waals surface area contributed by atoms with Crippen LogP contribution in [0.4, 0.5) is 23.7 Å². The second-order valence-corrected chi connectivity index (χ2v) is 4.39. The predicted molar refractivity (Wildman–Crippen MR) is 75.5 cm³/mol. The molecule has 0 bridgehead atoms. The van der Waals surface area contributed by atoms with E-state index in [1.807, 2.05) is 5.48 Å². The molecule has 0 saturated heterocycles. The molecule has 0 aliphatic rings. The first-order chi connectivity index (χ1) is 10.9. The van der Waals surface area contributed by atoms with Crippen LogP contribution in [0.1, 0.15) is 15.9 Å². The van der Waals surface area contributed by atoms with Gasteiger partial charge < -0.3 is 4.84 Å². The molecule has 0 heterocycles. The van der Waals surface area contributed by atoms with Gasteiger partial charge in [-0.15, -0.1) is 0 Å². The minimum atomic E-state index is -4.52. The Bertz CT molecular complexity index is 703. The molecule has 0 radical (unpaired) electrons. The lowest BCUT2D eigenvalue weighted by molar-refractivity contribution is -0.137. The molecular weight excluding hydrogens is 313 g/mol. The summed E-state index contributed by atoms with van der Waals surface area (Å²) in [5.74, 6) is -0.662. The van der Waals surface area contributed by atoms with Crippen molar-refractivity contribution in [1.29, 1.82) is 0 Å². The molecule has 23 heavy (non-hydrogen) atoms. The molecule has 120 valence electrons. The number of benzene rings is 2. The minimum Gasteiger partial charge on any atom is -0.321 e. The van der Waals surface area contributed by atoms with Gasteiger partial charge in [-0.2, -0.15) is 18.7 Å². The maximum atomic E-state index is 12.5. The standard InChI is InChI=1S/C15H11F3N2O3/c16-15(17,18)11-7-4-8-12(9-11)19-14(22)23-20-13(21)10-5-2-1-3-6-10/h1-9H,(H,19,22)(H,20,21). The van der Waals surface area contributed by atoms with E-state index < -0.39 is 23.7 Å². The Hall–Kier alpha value is -3.03. The van der Waals surface area contributed by atoms with Gasteiger partial charge in [0.2, 0.25) is 0 Å². The smallest absolute Gasteiger partial charge is 0.321 e. The van der Waals surface area contributed by atoms with E-state index in [2.05, 4.69) is 10.2 Å². The van der Waals surface area contributed by atoms with Crippen LogP contribution in [0.15, 0.2) is 54.6 Å². The fourth-order valence-corrected chi connectivity index (χ4v) is 1.66. The van der Waals surface area contributed by atoms with Crippen LogP contribution >= 0.6 is 0 Å². The molecule has 8 heteroatoms. The topological polar surface area (TPSA) is 67.4 Å². The zero-order chi connectivity index (χ0) is 16.9. The summed E-state index contributed by atoms with van der Waals surface area (Å²) < 4.78 is 37.6. The number of hydroxylamine groups is 1. The SMILES string of the molecule is O=C(Nc1cccc(C(F)(F)F)c1)ONC(=O)c1ccccc1. The third-order valence-electron chi connectivity index (χ3n) is 2.71. The number of carbonyl (C=O) groups excluding carboxylic acids is 2. The summed E-state index contributed by atoms with van der Waals surface area (Å²) in [5, 5.41) is 2.09. The lowest BCUT2D eigenvalue weighted by atomic mass is 10.2. The minimum absolute atomic E-state index is 0.112. The van der Waals surface area contributed by atoms with E-state index in [0.29, 0.717) is 0 Å². The number of carbonyl (C=O) groups is 2. The molecule has 2 amide bonds.